The highest BCUT2D eigenvalue weighted by Gasteiger charge is 2.49. The molecule has 13 rings (SSSR count). The first-order valence-electron chi connectivity index (χ1n) is 43.3. The van der Waals surface area contributed by atoms with Gasteiger partial charge in [-0.1, -0.05) is 152 Å². The maximum atomic E-state index is 16.8. The van der Waals surface area contributed by atoms with Gasteiger partial charge in [0.05, 0.1) is 61.9 Å². The summed E-state index contributed by atoms with van der Waals surface area (Å²) < 4.78 is 53.5. The van der Waals surface area contributed by atoms with Gasteiger partial charge in [-0.15, -0.1) is 0 Å². The number of benzene rings is 11. The number of fused-ring (bicyclic) bond motifs is 2. The highest BCUT2D eigenvalue weighted by molar-refractivity contribution is 6.45. The van der Waals surface area contributed by atoms with E-state index in [0.717, 1.165) is 32.1 Å². The number of para-hydroxylation sites is 2. The van der Waals surface area contributed by atoms with Crippen molar-refractivity contribution in [1.29, 1.82) is 0 Å². The van der Waals surface area contributed by atoms with Crippen molar-refractivity contribution in [2.75, 3.05) is 89.8 Å². The Labute approximate surface area is 744 Å². The molecule has 11 aromatic carbocycles. The van der Waals surface area contributed by atoms with Gasteiger partial charge in [-0.05, 0) is 194 Å². The second-order valence-corrected chi connectivity index (χ2v) is 31.7. The number of ether oxygens (including phenoxy) is 8. The molecular formula is C104H106N6O18. The van der Waals surface area contributed by atoms with Crippen LogP contribution in [0.15, 0.2) is 233 Å². The van der Waals surface area contributed by atoms with Crippen molar-refractivity contribution in [2.45, 2.75) is 104 Å². The molecule has 8 amide bonds. The molecule has 660 valence electrons. The zero-order valence-corrected chi connectivity index (χ0v) is 73.0. The summed E-state index contributed by atoms with van der Waals surface area (Å²) in [5.41, 5.74) is 4.27. The van der Waals surface area contributed by atoms with E-state index in [1.807, 2.05) is 88.4 Å². The number of allylic oxidation sites excluding steroid dienone is 2. The lowest BCUT2D eigenvalue weighted by molar-refractivity contribution is -0.124. The maximum absolute atomic E-state index is 16.8. The van der Waals surface area contributed by atoms with Crippen LogP contribution in [0.1, 0.15) is 130 Å². The van der Waals surface area contributed by atoms with Gasteiger partial charge in [0.25, 0.3) is 23.6 Å². The zero-order chi connectivity index (χ0) is 90.7. The van der Waals surface area contributed by atoms with E-state index in [2.05, 4.69) is 36.9 Å². The van der Waals surface area contributed by atoms with E-state index in [1.54, 1.807) is 135 Å². The first kappa shape index (κ1) is 91.9. The number of amides is 8. The molecule has 0 saturated carbocycles. The summed E-state index contributed by atoms with van der Waals surface area (Å²) in [5, 5.41) is 6.92. The molecule has 2 heterocycles. The standard InChI is InChI=1S/C104H106N6O18/c1-11-65(7)97(103(119)107(9)71-25-19-17-20-26-71)109-99(115)79-61-83(125-75-39-31-67(32-40-75)47-55-121-53-23-29-73(111)13-3)91-93-85(127-77-43-35-69(36-44-77)49-57-123-59-51-105-87(113)15-5)63-81-90-82(102(118)110(101(81)117)98(66(8)12-2)104(120)108(10)72-27-21-18-22-28-72)64-86(128-78-45-37-70(38-46-78)50-58-124-60-52-106-88(114)16-6)94(96(90)93)92-84(62-80(100(109)116)89(79)95(91)92)126-76-41-33-68(34-42-76)48-56-122-54-24-30-74(112)14-4/h13-22,25-28,31-46,61-66,97-98H,3-6,11-12,23-24,29-30,47-60H2,1-2,7-10H3,(H,105,113)(H,106,114). The van der Waals surface area contributed by atoms with Crippen LogP contribution >= 0.6 is 0 Å². The first-order valence-corrected chi connectivity index (χ1v) is 43.3. The van der Waals surface area contributed by atoms with Gasteiger partial charge in [0, 0.05) is 108 Å². The molecule has 4 atom stereocenters. The van der Waals surface area contributed by atoms with Gasteiger partial charge in [-0.2, -0.15) is 0 Å². The van der Waals surface area contributed by atoms with Gasteiger partial charge in [-0.3, -0.25) is 57.7 Å². The zero-order valence-electron chi connectivity index (χ0n) is 73.0. The van der Waals surface area contributed by atoms with Crippen LogP contribution in [0, 0.1) is 11.8 Å². The van der Waals surface area contributed by atoms with Crippen LogP contribution < -0.4 is 39.4 Å². The molecule has 0 saturated heterocycles. The molecular weight excluding hydrogens is 1620 g/mol. The highest BCUT2D eigenvalue weighted by Crippen LogP contribution is 2.58. The molecule has 128 heavy (non-hydrogen) atoms. The third-order valence-corrected chi connectivity index (χ3v) is 23.4. The molecule has 2 N–H and O–H groups in total. The number of carbonyl (C=O) groups excluding carboxylic acids is 10. The van der Waals surface area contributed by atoms with E-state index in [-0.39, 0.29) is 161 Å². The molecule has 0 aliphatic carbocycles. The Morgan fingerprint density at radius 2 is 0.633 bits per heavy atom. The Balaban J connectivity index is 1.10. The van der Waals surface area contributed by atoms with Gasteiger partial charge in [-0.25, -0.2) is 0 Å². The number of carbonyl (C=O) groups is 10. The van der Waals surface area contributed by atoms with Gasteiger partial charge in [0.1, 0.15) is 58.1 Å². The normalized spacial score (nSPS) is 13.3. The number of imide groups is 2. The number of likely N-dealkylation sites (N-methyl/N-ethyl adjacent to an activating group) is 2. The van der Waals surface area contributed by atoms with Crippen molar-refractivity contribution in [3.8, 4) is 46.0 Å². The number of hydrogen-bond acceptors (Lipinski definition) is 18. The Kier molecular flexibility index (Phi) is 30.8. The fourth-order valence-corrected chi connectivity index (χ4v) is 16.1. The van der Waals surface area contributed by atoms with E-state index in [9.17, 15) is 19.2 Å². The van der Waals surface area contributed by atoms with Crippen molar-refractivity contribution in [3.05, 3.63) is 277 Å². The number of rotatable bonds is 48. The van der Waals surface area contributed by atoms with Gasteiger partial charge in [0.15, 0.2) is 11.6 Å². The summed E-state index contributed by atoms with van der Waals surface area (Å²) in [6.45, 7) is 24.6. The monoisotopic (exact) mass is 1730 g/mol. The number of nitrogens with one attached hydrogen (secondary N) is 2. The third-order valence-electron chi connectivity index (χ3n) is 23.4. The Hall–Kier alpha value is -13.8. The number of anilines is 2. The predicted octanol–water partition coefficient (Wildman–Crippen LogP) is 18.2. The molecule has 11 aromatic rings. The van der Waals surface area contributed by atoms with Crippen molar-refractivity contribution in [2.24, 2.45) is 11.8 Å². The summed E-state index contributed by atoms with van der Waals surface area (Å²) >= 11 is 0. The molecule has 0 spiro atoms. The number of ketones is 2. The van der Waals surface area contributed by atoms with E-state index >= 15 is 28.8 Å². The largest absolute Gasteiger partial charge is 0.457 e. The first-order chi connectivity index (χ1) is 62.1. The van der Waals surface area contributed by atoms with Crippen LogP contribution in [-0.4, -0.2) is 161 Å². The van der Waals surface area contributed by atoms with Crippen LogP contribution in [0.5, 0.6) is 46.0 Å². The number of hydrogen-bond donors (Lipinski definition) is 2. The summed E-state index contributed by atoms with van der Waals surface area (Å²) in [6, 6.07) is 50.4. The third kappa shape index (κ3) is 20.8. The smallest absolute Gasteiger partial charge is 0.262 e. The molecule has 0 bridgehead atoms. The average Bonchev–Trinajstić information content (AvgIpc) is 0.668. The van der Waals surface area contributed by atoms with Crippen molar-refractivity contribution < 1.29 is 85.8 Å². The Bertz CT molecular complexity index is 5330. The SMILES string of the molecule is C=CC(=O)CCCOCCc1ccc(Oc2cc3c4c(cc(Oc5ccc(CCOCCCC(=O)C=C)cc5)c5c6c(Oc7ccc(CCOCCNC(=O)C=C)cc7)cc7c8c(cc(Oc9ccc(CCOCCNC(=O)C=C)cc9)c(c2c45)c86)C(=O)N(C(C(=O)N(C)c2ccccc2)C(C)CC)C7=O)C(=O)N(C(C(=O)N(C)c2ccccc2)C(C)CC)C3=O)cc1. The van der Waals surface area contributed by atoms with Crippen LogP contribution in [0.4, 0.5) is 11.4 Å². The minimum atomic E-state index is -1.41. The van der Waals surface area contributed by atoms with Crippen LogP contribution in [0.2, 0.25) is 0 Å². The average molecular weight is 1730 g/mol. The summed E-state index contributed by atoms with van der Waals surface area (Å²) in [4.78, 5) is 152. The molecule has 0 aromatic heterocycles. The van der Waals surface area contributed by atoms with Gasteiger partial charge in [0.2, 0.25) is 23.6 Å². The van der Waals surface area contributed by atoms with Gasteiger partial charge < -0.3 is 58.3 Å². The van der Waals surface area contributed by atoms with E-state index in [4.69, 9.17) is 37.9 Å². The molecule has 0 radical (unpaired) electrons. The number of nitrogens with zero attached hydrogens (tertiary/aromatic N) is 4. The topological polar surface area (TPSA) is 282 Å². The Morgan fingerprint density at radius 3 is 0.891 bits per heavy atom. The van der Waals surface area contributed by atoms with Gasteiger partial charge >= 0.3 is 0 Å². The van der Waals surface area contributed by atoms with Crippen molar-refractivity contribution in [1.82, 2.24) is 20.4 Å². The van der Waals surface area contributed by atoms with Crippen LogP contribution in [-0.2, 0) is 73.4 Å². The van der Waals surface area contributed by atoms with Crippen LogP contribution in [0.25, 0.3) is 43.1 Å². The lowest BCUT2D eigenvalue weighted by Gasteiger charge is -2.39. The second-order valence-electron chi connectivity index (χ2n) is 31.7. The molecule has 4 unspecified atom stereocenters. The second kappa shape index (κ2) is 42.9. The van der Waals surface area contributed by atoms with E-state index < -0.39 is 59.4 Å². The van der Waals surface area contributed by atoms with Crippen LogP contribution in [0.3, 0.4) is 0 Å². The lowest BCUT2D eigenvalue weighted by atomic mass is 9.79. The lowest BCUT2D eigenvalue weighted by Crippen LogP contribution is -2.56. The molecule has 24 heteroatoms. The Morgan fingerprint density at radius 1 is 0.359 bits per heavy atom. The summed E-state index contributed by atoms with van der Waals surface area (Å²) in [5.74, 6) is -5.36. The summed E-state index contributed by atoms with van der Waals surface area (Å²) in [7, 11) is 3.21. The quantitative estimate of drug-likeness (QED) is 0.0118. The molecule has 24 nitrogen and oxygen atoms in total. The van der Waals surface area contributed by atoms with E-state index in [0.29, 0.717) is 115 Å². The summed E-state index contributed by atoms with van der Waals surface area (Å²) in [6.07, 6.45) is 9.17. The minimum absolute atomic E-state index is 0.00815. The predicted molar refractivity (Wildman–Crippen MR) is 494 cm³/mol. The fourth-order valence-electron chi connectivity index (χ4n) is 16.1. The van der Waals surface area contributed by atoms with E-state index in [1.165, 1.54) is 34.1 Å². The van der Waals surface area contributed by atoms with Crippen molar-refractivity contribution in [3.63, 3.8) is 0 Å². The molecule has 2 aliphatic heterocycles. The fraction of sp³-hybridized carbons (Fsp3) is 0.288. The maximum Gasteiger partial charge on any atom is 0.262 e. The molecule has 2 aliphatic rings. The highest BCUT2D eigenvalue weighted by atomic mass is 16.5. The molecule has 0 fully saturated rings. The minimum Gasteiger partial charge on any atom is -0.457 e. The van der Waals surface area contributed by atoms with Crippen molar-refractivity contribution >= 4 is 113 Å².